The van der Waals surface area contributed by atoms with Gasteiger partial charge in [-0.15, -0.1) is 0 Å². The highest BCUT2D eigenvalue weighted by molar-refractivity contribution is 9.10. The van der Waals surface area contributed by atoms with E-state index in [1.807, 2.05) is 19.1 Å². The molecule has 9 aromatic carbocycles. The van der Waals surface area contributed by atoms with Crippen LogP contribution in [-0.4, -0.2) is 27.4 Å². The molecule has 5 nitrogen and oxygen atoms in total. The summed E-state index contributed by atoms with van der Waals surface area (Å²) in [7, 11) is -2.00. The smallest absolute Gasteiger partial charge is 0.488 e. The van der Waals surface area contributed by atoms with Gasteiger partial charge in [-0.1, -0.05) is 49.2 Å². The van der Waals surface area contributed by atoms with Crippen LogP contribution in [-0.2, 0) is 12.5 Å². The van der Waals surface area contributed by atoms with Crippen LogP contribution in [0.25, 0.3) is 44.5 Å². The lowest BCUT2D eigenvalue weighted by Gasteiger charge is -2.20. The van der Waals surface area contributed by atoms with E-state index < -0.39 is 140 Å². The van der Waals surface area contributed by atoms with Crippen molar-refractivity contribution in [2.75, 3.05) is 0 Å². The largest absolute Gasteiger partial charge is 0.508 e. The molecule has 9 aromatic rings. The number of rotatable bonds is 10. The molecule has 0 aromatic heterocycles. The highest BCUT2D eigenvalue weighted by Gasteiger charge is 2.42. The van der Waals surface area contributed by atoms with Gasteiger partial charge in [0.15, 0.2) is 52.4 Å². The fourth-order valence-corrected chi connectivity index (χ4v) is 8.09. The SMILES string of the molecule is CCCc1ccc(-c2cc(F)c(-c3cc(F)c(C(F)(F)Oc4ccc(-c5cc(F)c(F)c(F)c5)c(F)c4)c(F)c3)c(Cl)c2)cc1.OB(O)c1cc(F)c(F)c(F)c1.Oc1ccc(-c2cc(F)c(F)c(F)c2)c(F)c1.Oc1ccc(Br)c(F)c1. The first-order chi connectivity index (χ1) is 39.0. The van der Waals surface area contributed by atoms with Crippen molar-refractivity contribution >= 4 is 40.1 Å². The Hall–Kier alpha value is -8.06. The van der Waals surface area contributed by atoms with Gasteiger partial charge in [0.2, 0.25) is 0 Å². The molecule has 0 bridgehead atoms. The molecule has 0 aliphatic heterocycles. The lowest BCUT2D eigenvalue weighted by molar-refractivity contribution is -0.189. The van der Waals surface area contributed by atoms with E-state index in [9.17, 15) is 52.7 Å². The zero-order valence-corrected chi connectivity index (χ0v) is 44.0. The maximum atomic E-state index is 15.2. The van der Waals surface area contributed by atoms with E-state index in [0.717, 1.165) is 60.9 Å². The summed E-state index contributed by atoms with van der Waals surface area (Å²) in [6, 6.07) is 23.1. The molecule has 0 heterocycles. The van der Waals surface area contributed by atoms with Crippen molar-refractivity contribution in [1.82, 2.24) is 0 Å². The molecule has 0 amide bonds. The van der Waals surface area contributed by atoms with E-state index in [4.69, 9.17) is 31.9 Å². The Kier molecular flexibility index (Phi) is 21.1. The maximum absolute atomic E-state index is 15.2. The molecular weight excluding hydrogens is 1230 g/mol. The van der Waals surface area contributed by atoms with Crippen LogP contribution in [0.3, 0.4) is 0 Å². The van der Waals surface area contributed by atoms with Crippen molar-refractivity contribution < 1.29 is 99.6 Å². The predicted molar refractivity (Wildman–Crippen MR) is 278 cm³/mol. The van der Waals surface area contributed by atoms with Crippen molar-refractivity contribution in [1.29, 1.82) is 0 Å². The first-order valence-corrected chi connectivity index (χ1v) is 24.5. The van der Waals surface area contributed by atoms with Gasteiger partial charge in [-0.3, -0.25) is 0 Å². The van der Waals surface area contributed by atoms with Gasteiger partial charge in [0.25, 0.3) is 0 Å². The molecule has 0 fully saturated rings. The van der Waals surface area contributed by atoms with Gasteiger partial charge < -0.3 is 25.0 Å². The summed E-state index contributed by atoms with van der Waals surface area (Å²) in [5.74, 6) is -22.4. The molecule has 4 N–H and O–H groups in total. The van der Waals surface area contributed by atoms with E-state index in [1.54, 1.807) is 12.1 Å². The second kappa shape index (κ2) is 27.3. The Balaban J connectivity index is 0.000000233. The topological polar surface area (TPSA) is 90.2 Å². The number of alkyl halides is 2. The molecule has 432 valence electrons. The van der Waals surface area contributed by atoms with Crippen LogP contribution in [0.15, 0.2) is 144 Å². The van der Waals surface area contributed by atoms with Crippen molar-refractivity contribution in [2.24, 2.45) is 0 Å². The summed E-state index contributed by atoms with van der Waals surface area (Å²) in [6.45, 7) is 2.03. The van der Waals surface area contributed by atoms with E-state index in [0.29, 0.717) is 70.2 Å². The minimum Gasteiger partial charge on any atom is -0.508 e. The molecule has 0 saturated heterocycles. The number of aromatic hydroxyl groups is 2. The number of ether oxygens (including phenoxy) is 1. The molecule has 0 unspecified atom stereocenters. The fourth-order valence-electron chi connectivity index (χ4n) is 7.53. The highest BCUT2D eigenvalue weighted by Crippen LogP contribution is 2.41. The molecule has 0 spiro atoms. The molecule has 9 rings (SSSR count). The summed E-state index contributed by atoms with van der Waals surface area (Å²) in [5.41, 5.74) is -2.28. The zero-order valence-electron chi connectivity index (χ0n) is 41.6. The van der Waals surface area contributed by atoms with Crippen molar-refractivity contribution in [3.8, 4) is 61.8 Å². The third-order valence-electron chi connectivity index (χ3n) is 11.4. The van der Waals surface area contributed by atoms with E-state index >= 15 is 22.0 Å². The molecule has 83 heavy (non-hydrogen) atoms. The van der Waals surface area contributed by atoms with E-state index in [-0.39, 0.29) is 27.6 Å². The summed E-state index contributed by atoms with van der Waals surface area (Å²) in [6.07, 6.45) is -2.91. The zero-order chi connectivity index (χ0) is 61.4. The Bertz CT molecular complexity index is 3720. The minimum absolute atomic E-state index is 0.0595. The average molecular weight is 1260 g/mol. The molecular formula is C58H34BBrClF17O5. The Morgan fingerprint density at radius 2 is 0.867 bits per heavy atom. The number of hydrogen-bond donors (Lipinski definition) is 4. The first kappa shape index (κ1) is 64.1. The monoisotopic (exact) mass is 1260 g/mol. The summed E-state index contributed by atoms with van der Waals surface area (Å²) < 4.78 is 237. The van der Waals surface area contributed by atoms with Gasteiger partial charge in [-0.25, -0.2) is 65.9 Å². The van der Waals surface area contributed by atoms with Crippen LogP contribution in [0, 0.1) is 87.3 Å². The molecule has 0 atom stereocenters. The van der Waals surface area contributed by atoms with Crippen LogP contribution in [0.1, 0.15) is 24.5 Å². The van der Waals surface area contributed by atoms with Gasteiger partial charge >= 0.3 is 13.2 Å². The number of phenolic OH excluding ortho intramolecular Hbond substituents is 2. The number of phenols is 2. The van der Waals surface area contributed by atoms with Gasteiger partial charge in [-0.2, -0.15) is 8.78 Å². The number of hydrogen-bond acceptors (Lipinski definition) is 5. The van der Waals surface area contributed by atoms with Gasteiger partial charge in [0, 0.05) is 34.9 Å². The predicted octanol–water partition coefficient (Wildman–Crippen LogP) is 17.1. The first-order valence-electron chi connectivity index (χ1n) is 23.4. The molecule has 0 radical (unpaired) electrons. The van der Waals surface area contributed by atoms with Crippen molar-refractivity contribution in [2.45, 2.75) is 25.9 Å². The second-order valence-electron chi connectivity index (χ2n) is 17.3. The second-order valence-corrected chi connectivity index (χ2v) is 18.5. The molecule has 0 saturated carbocycles. The van der Waals surface area contributed by atoms with Gasteiger partial charge in [0.1, 0.15) is 57.7 Å². The van der Waals surface area contributed by atoms with Crippen LogP contribution in [0.4, 0.5) is 74.6 Å². The number of halogens is 19. The van der Waals surface area contributed by atoms with Crippen LogP contribution in [0.5, 0.6) is 17.2 Å². The highest BCUT2D eigenvalue weighted by atomic mass is 79.9. The van der Waals surface area contributed by atoms with Crippen LogP contribution in [0.2, 0.25) is 5.02 Å². The molecule has 25 heteroatoms. The van der Waals surface area contributed by atoms with E-state index in [1.165, 1.54) is 18.2 Å². The van der Waals surface area contributed by atoms with Crippen LogP contribution < -0.4 is 10.2 Å². The summed E-state index contributed by atoms with van der Waals surface area (Å²) >= 11 is 9.23. The minimum atomic E-state index is -4.70. The third kappa shape index (κ3) is 15.9. The van der Waals surface area contributed by atoms with Gasteiger partial charge in [0.05, 0.1) is 9.50 Å². The lowest BCUT2D eigenvalue weighted by Crippen LogP contribution is -2.30. The maximum Gasteiger partial charge on any atom is 0.488 e. The van der Waals surface area contributed by atoms with Gasteiger partial charge in [-0.05, 0) is 158 Å². The molecule has 0 aliphatic rings. The third-order valence-corrected chi connectivity index (χ3v) is 12.4. The molecule has 0 aliphatic carbocycles. The lowest BCUT2D eigenvalue weighted by atomic mass is 9.80. The quantitative estimate of drug-likeness (QED) is 0.0622. The summed E-state index contributed by atoms with van der Waals surface area (Å²) in [4.78, 5) is 0. The standard InChI is InChI=1S/C34H20ClF9O.C12H6F4O.C6H4BF3O2.C6H4BrFO/c1-2-3-17-4-6-18(7-5-17)19-10-24(35)31(26(37)11-19)21-14-27(38)32(28(39)15-21)34(43,44)45-22-8-9-23(25(36)16-22)20-12-29(40)33(42)30(41)13-20;13-9-5-7(17)1-2-8(9)6-3-10(14)12(16)11(15)4-6;8-4-1-3(7(11)12)2-5(9)6(4)10;7-5-2-1-4(9)3-6(5)8/h4-16H,2-3H2,1H3;1-5,17H;1-2,11-12H;1-3,9H. The van der Waals surface area contributed by atoms with Crippen molar-refractivity contribution in [3.63, 3.8) is 0 Å². The normalized spacial score (nSPS) is 11.0. The van der Waals surface area contributed by atoms with Crippen LogP contribution >= 0.6 is 27.5 Å². The Morgan fingerprint density at radius 1 is 0.446 bits per heavy atom. The fraction of sp³-hybridized carbons (Fsp3) is 0.0690. The summed E-state index contributed by atoms with van der Waals surface area (Å²) in [5, 5.41) is 34.4. The average Bonchev–Trinajstić information content (AvgIpc) is 3.53. The Morgan fingerprint density at radius 3 is 1.29 bits per heavy atom. The van der Waals surface area contributed by atoms with E-state index in [2.05, 4.69) is 20.7 Å². The van der Waals surface area contributed by atoms with Crippen molar-refractivity contribution in [3.05, 3.63) is 247 Å². The number of aryl methyl sites for hydroxylation is 1. The number of benzene rings is 9. The Labute approximate surface area is 473 Å².